The van der Waals surface area contributed by atoms with Crippen molar-refractivity contribution < 1.29 is 9.47 Å². The fraction of sp³-hybridized carbons (Fsp3) is 0.375. The Bertz CT molecular complexity index is 576. The van der Waals surface area contributed by atoms with Crippen LogP contribution in [0.5, 0.6) is 11.5 Å². The largest absolute Gasteiger partial charge is 0.493 e. The van der Waals surface area contributed by atoms with Crippen LogP contribution in [-0.4, -0.2) is 31.7 Å². The minimum Gasteiger partial charge on any atom is -0.493 e. The molecule has 0 fully saturated rings. The van der Waals surface area contributed by atoms with Crippen LogP contribution in [0.2, 0.25) is 0 Å². The minimum atomic E-state index is -0.512. The molecule has 0 bridgehead atoms. The van der Waals surface area contributed by atoms with Crippen LogP contribution in [-0.2, 0) is 6.42 Å². The maximum Gasteiger partial charge on any atom is 0.161 e. The number of methoxy groups -OCH3 is 2. The highest BCUT2D eigenvalue weighted by Crippen LogP contribution is 2.33. The fourth-order valence-corrected chi connectivity index (χ4v) is 2.26. The summed E-state index contributed by atoms with van der Waals surface area (Å²) in [6, 6.07) is 5.92. The number of nitrogens with zero attached hydrogens (tertiary/aromatic N) is 2. The summed E-state index contributed by atoms with van der Waals surface area (Å²) >= 11 is 4.25. The van der Waals surface area contributed by atoms with E-state index >= 15 is 0 Å². The molecule has 1 unspecified atom stereocenters. The predicted molar refractivity (Wildman–Crippen MR) is 88.9 cm³/mol. The quantitative estimate of drug-likeness (QED) is 0.690. The molecule has 0 saturated carbocycles. The molecule has 0 radical (unpaired) electrons. The monoisotopic (exact) mass is 304 g/mol. The highest BCUT2D eigenvalue weighted by atomic mass is 32.1. The number of ether oxygens (including phenoxy) is 2. The Hall–Kier alpha value is -1.93. The van der Waals surface area contributed by atoms with Crippen molar-refractivity contribution in [2.45, 2.75) is 18.6 Å². The fourth-order valence-electron chi connectivity index (χ4n) is 2.04. The van der Waals surface area contributed by atoms with E-state index in [-0.39, 0.29) is 0 Å². The summed E-state index contributed by atoms with van der Waals surface area (Å²) in [4.78, 5) is 4.39. The van der Waals surface area contributed by atoms with Crippen molar-refractivity contribution in [3.63, 3.8) is 0 Å². The van der Waals surface area contributed by atoms with E-state index < -0.39 is 5.25 Å². The topological polar surface area (TPSA) is 54.6 Å². The predicted octanol–water partition coefficient (Wildman–Crippen LogP) is 3.06. The molecule has 0 aromatic heterocycles. The second kappa shape index (κ2) is 8.38. The lowest BCUT2D eigenvalue weighted by atomic mass is 9.95. The lowest BCUT2D eigenvalue weighted by Crippen LogP contribution is -2.21. The number of fused-ring (bicyclic) bond motifs is 1. The van der Waals surface area contributed by atoms with Crippen molar-refractivity contribution in [3.8, 4) is 17.6 Å². The van der Waals surface area contributed by atoms with E-state index in [9.17, 15) is 0 Å². The van der Waals surface area contributed by atoms with Crippen LogP contribution in [0.25, 0.3) is 0 Å². The molecule has 0 N–H and O–H groups in total. The maximum absolute atomic E-state index is 8.98. The first-order valence-corrected chi connectivity index (χ1v) is 7.08. The van der Waals surface area contributed by atoms with E-state index in [0.717, 1.165) is 17.5 Å². The van der Waals surface area contributed by atoms with Gasteiger partial charge >= 0.3 is 0 Å². The van der Waals surface area contributed by atoms with Crippen LogP contribution in [0, 0.1) is 11.3 Å². The summed E-state index contributed by atoms with van der Waals surface area (Å²) in [6.45, 7) is 5.93. The molecule has 0 amide bonds. The van der Waals surface area contributed by atoms with Gasteiger partial charge in [0.15, 0.2) is 11.5 Å². The van der Waals surface area contributed by atoms with Crippen LogP contribution in [0.4, 0.5) is 0 Å². The van der Waals surface area contributed by atoms with E-state index in [0.29, 0.717) is 23.8 Å². The van der Waals surface area contributed by atoms with E-state index in [1.165, 1.54) is 0 Å². The number of nitriles is 1. The molecular weight excluding hydrogens is 284 g/mol. The van der Waals surface area contributed by atoms with E-state index in [1.54, 1.807) is 20.3 Å². The molecule has 112 valence electrons. The second-order valence-corrected chi connectivity index (χ2v) is 4.84. The zero-order valence-corrected chi connectivity index (χ0v) is 13.5. The molecule has 1 heterocycles. The van der Waals surface area contributed by atoms with E-state index in [2.05, 4.69) is 30.3 Å². The Morgan fingerprint density at radius 2 is 1.95 bits per heavy atom. The van der Waals surface area contributed by atoms with Crippen molar-refractivity contribution in [2.24, 2.45) is 4.99 Å². The van der Waals surface area contributed by atoms with Gasteiger partial charge in [-0.15, -0.1) is 6.58 Å². The van der Waals surface area contributed by atoms with Crippen molar-refractivity contribution in [1.82, 2.24) is 0 Å². The molecule has 1 aliphatic heterocycles. The molecule has 0 saturated heterocycles. The third-order valence-electron chi connectivity index (χ3n) is 2.93. The molecule has 1 atom stereocenters. The maximum atomic E-state index is 8.98. The summed E-state index contributed by atoms with van der Waals surface area (Å²) in [6.07, 6.45) is 2.59. The second-order valence-electron chi connectivity index (χ2n) is 4.32. The number of hydrogen-bond acceptors (Lipinski definition) is 5. The Morgan fingerprint density at radius 1 is 1.38 bits per heavy atom. The van der Waals surface area contributed by atoms with Crippen molar-refractivity contribution in [1.29, 1.82) is 5.26 Å². The molecule has 4 nitrogen and oxygen atoms in total. The first-order valence-electron chi connectivity index (χ1n) is 6.57. The van der Waals surface area contributed by atoms with E-state index in [1.807, 2.05) is 19.1 Å². The zero-order chi connectivity index (χ0) is 15.8. The summed E-state index contributed by atoms with van der Waals surface area (Å²) in [7, 11) is 3.20. The molecular formula is C16H20N2O2S. The first-order chi connectivity index (χ1) is 10.1. The third kappa shape index (κ3) is 4.02. The van der Waals surface area contributed by atoms with Gasteiger partial charge in [0.05, 0.1) is 26.0 Å². The van der Waals surface area contributed by atoms with Gasteiger partial charge in [-0.05, 0) is 31.0 Å². The van der Waals surface area contributed by atoms with Gasteiger partial charge in [0.1, 0.15) is 5.25 Å². The van der Waals surface area contributed by atoms with Crippen molar-refractivity contribution in [3.05, 3.63) is 35.9 Å². The van der Waals surface area contributed by atoms with Gasteiger partial charge in [-0.25, -0.2) is 0 Å². The van der Waals surface area contributed by atoms with Crippen LogP contribution in [0.15, 0.2) is 29.8 Å². The smallest absolute Gasteiger partial charge is 0.161 e. The Balaban J connectivity index is 0.000000677. The van der Waals surface area contributed by atoms with Gasteiger partial charge in [0, 0.05) is 12.1 Å². The summed E-state index contributed by atoms with van der Waals surface area (Å²) in [5, 5.41) is 8.46. The molecule has 2 rings (SSSR count). The van der Waals surface area contributed by atoms with Gasteiger partial charge in [0.25, 0.3) is 0 Å². The number of allylic oxidation sites excluding steroid dienone is 1. The average molecular weight is 304 g/mol. The van der Waals surface area contributed by atoms with E-state index in [4.69, 9.17) is 14.7 Å². The molecule has 5 heteroatoms. The van der Waals surface area contributed by atoms with Crippen LogP contribution in [0.1, 0.15) is 18.1 Å². The van der Waals surface area contributed by atoms with Crippen LogP contribution < -0.4 is 9.47 Å². The average Bonchev–Trinajstić information content (AvgIpc) is 2.52. The number of rotatable bonds is 3. The Morgan fingerprint density at radius 3 is 2.48 bits per heavy atom. The normalized spacial score (nSPS) is 13.6. The first kappa shape index (κ1) is 17.1. The minimum absolute atomic E-state index is 0.512. The van der Waals surface area contributed by atoms with Crippen molar-refractivity contribution >= 4 is 18.3 Å². The lowest BCUT2D eigenvalue weighted by Gasteiger charge is -2.20. The number of hydrogen-bond donors (Lipinski definition) is 1. The van der Waals surface area contributed by atoms with Gasteiger partial charge in [-0.3, -0.25) is 4.99 Å². The number of thiol groups is 1. The van der Waals surface area contributed by atoms with Gasteiger partial charge in [0.2, 0.25) is 0 Å². The van der Waals surface area contributed by atoms with Crippen LogP contribution in [0.3, 0.4) is 0 Å². The summed E-state index contributed by atoms with van der Waals surface area (Å²) < 4.78 is 10.6. The zero-order valence-electron chi connectivity index (χ0n) is 12.6. The molecule has 21 heavy (non-hydrogen) atoms. The molecule has 0 aliphatic carbocycles. The SMILES string of the molecule is C=CC.COc1cc2c(cc1OC)C(C(S)C#N)=NCC2. The number of aliphatic imine (C=N–C) groups is 1. The Kier molecular flexibility index (Phi) is 6.83. The van der Waals surface area contributed by atoms with Crippen molar-refractivity contribution in [2.75, 3.05) is 20.8 Å². The van der Waals surface area contributed by atoms with Gasteiger partial charge in [-0.1, -0.05) is 6.08 Å². The summed E-state index contributed by atoms with van der Waals surface area (Å²) in [5.41, 5.74) is 2.76. The third-order valence-corrected chi connectivity index (χ3v) is 3.29. The molecule has 1 aliphatic rings. The summed E-state index contributed by atoms with van der Waals surface area (Å²) in [5.74, 6) is 1.34. The van der Waals surface area contributed by atoms with Gasteiger partial charge in [-0.2, -0.15) is 17.9 Å². The lowest BCUT2D eigenvalue weighted by molar-refractivity contribution is 0.354. The highest BCUT2D eigenvalue weighted by molar-refractivity contribution is 7.82. The number of benzene rings is 1. The van der Waals surface area contributed by atoms with Crippen LogP contribution >= 0.6 is 12.6 Å². The molecule has 1 aromatic rings. The highest BCUT2D eigenvalue weighted by Gasteiger charge is 2.22. The molecule has 0 spiro atoms. The Labute approximate surface area is 131 Å². The molecule has 1 aromatic carbocycles. The standard InChI is InChI=1S/C13H14N2O2S.C3H6/c1-16-10-5-8-3-4-15-13(12(18)7-14)9(8)6-11(10)17-2;1-3-2/h5-6,12,18H,3-4H2,1-2H3;3H,1H2,2H3. The van der Waals surface area contributed by atoms with Gasteiger partial charge < -0.3 is 9.47 Å².